The van der Waals surface area contributed by atoms with Crippen molar-refractivity contribution in [2.75, 3.05) is 13.2 Å². The Morgan fingerprint density at radius 2 is 1.73 bits per heavy atom. The summed E-state index contributed by atoms with van der Waals surface area (Å²) in [6.45, 7) is 0.418. The average Bonchev–Trinajstić information content (AvgIpc) is 2.19. The second-order valence-corrected chi connectivity index (χ2v) is 2.54. The average molecular weight is 215 g/mol. The summed E-state index contributed by atoms with van der Waals surface area (Å²) in [5, 5.41) is 0. The number of primary amides is 1. The third-order valence-corrected chi connectivity index (χ3v) is 1.34. The van der Waals surface area contributed by atoms with Gasteiger partial charge in [0, 0.05) is 6.08 Å². The van der Waals surface area contributed by atoms with Crippen LogP contribution in [0.5, 0.6) is 0 Å². The van der Waals surface area contributed by atoms with Gasteiger partial charge >= 0.3 is 12.1 Å². The number of ether oxygens (including phenoxy) is 2. The molecule has 6 nitrogen and oxygen atoms in total. The largest absolute Gasteiger partial charge is 0.463 e. The topological polar surface area (TPSA) is 95.7 Å². The SMILES string of the molecule is NC(=O)OCCCCOC(=O)C=CC=O. The Kier molecular flexibility index (Phi) is 7.66. The molecule has 0 saturated heterocycles. The van der Waals surface area contributed by atoms with Crippen molar-refractivity contribution in [3.63, 3.8) is 0 Å². The van der Waals surface area contributed by atoms with Crippen LogP contribution in [0.3, 0.4) is 0 Å². The van der Waals surface area contributed by atoms with Crippen LogP contribution < -0.4 is 5.73 Å². The molecule has 0 aliphatic carbocycles. The number of carbonyl (C=O) groups excluding carboxylic acids is 3. The lowest BCUT2D eigenvalue weighted by molar-refractivity contribution is -0.138. The Labute approximate surface area is 87.0 Å². The molecule has 0 heterocycles. The molecule has 0 aromatic carbocycles. The second-order valence-electron chi connectivity index (χ2n) is 2.54. The smallest absolute Gasteiger partial charge is 0.404 e. The summed E-state index contributed by atoms with van der Waals surface area (Å²) in [5.41, 5.74) is 4.72. The molecule has 0 aromatic heterocycles. The first-order valence-corrected chi connectivity index (χ1v) is 4.37. The molecule has 0 rings (SSSR count). The summed E-state index contributed by atoms with van der Waals surface area (Å²) in [6, 6.07) is 0. The number of hydrogen-bond donors (Lipinski definition) is 1. The van der Waals surface area contributed by atoms with E-state index in [1.54, 1.807) is 0 Å². The molecule has 0 radical (unpaired) electrons. The molecule has 6 heteroatoms. The molecule has 1 amide bonds. The lowest BCUT2D eigenvalue weighted by Gasteiger charge is -2.02. The zero-order valence-electron chi connectivity index (χ0n) is 8.18. The third kappa shape index (κ3) is 10.1. The maximum Gasteiger partial charge on any atom is 0.404 e. The Bertz CT molecular complexity index is 249. The van der Waals surface area contributed by atoms with Gasteiger partial charge in [-0.05, 0) is 18.9 Å². The van der Waals surface area contributed by atoms with E-state index in [1.165, 1.54) is 0 Å². The summed E-state index contributed by atoms with van der Waals surface area (Å²) in [6.07, 6.45) is 2.88. The first-order valence-electron chi connectivity index (χ1n) is 4.37. The number of aldehydes is 1. The summed E-state index contributed by atoms with van der Waals surface area (Å²) in [7, 11) is 0. The van der Waals surface area contributed by atoms with E-state index < -0.39 is 12.1 Å². The molecule has 0 bridgehead atoms. The minimum atomic E-state index is -0.819. The predicted octanol–water partition coefficient (Wildman–Crippen LogP) is 0.160. The van der Waals surface area contributed by atoms with Gasteiger partial charge in [-0.1, -0.05) is 0 Å². The van der Waals surface area contributed by atoms with Gasteiger partial charge in [-0.15, -0.1) is 0 Å². The number of allylic oxidation sites excluding steroid dienone is 1. The number of esters is 1. The first-order chi connectivity index (χ1) is 7.16. The molecule has 0 aliphatic heterocycles. The predicted molar refractivity (Wildman–Crippen MR) is 50.9 cm³/mol. The Hall–Kier alpha value is -1.85. The number of hydrogen-bond acceptors (Lipinski definition) is 5. The van der Waals surface area contributed by atoms with Gasteiger partial charge in [0.25, 0.3) is 0 Å². The molecule has 0 aliphatic rings. The number of nitrogens with two attached hydrogens (primary N) is 1. The van der Waals surface area contributed by atoms with Gasteiger partial charge in [0.15, 0.2) is 0 Å². The molecule has 2 N–H and O–H groups in total. The lowest BCUT2D eigenvalue weighted by Crippen LogP contribution is -2.14. The van der Waals surface area contributed by atoms with Gasteiger partial charge in [0.05, 0.1) is 13.2 Å². The van der Waals surface area contributed by atoms with E-state index in [9.17, 15) is 14.4 Å². The van der Waals surface area contributed by atoms with E-state index in [2.05, 4.69) is 4.74 Å². The van der Waals surface area contributed by atoms with Crippen molar-refractivity contribution in [1.29, 1.82) is 0 Å². The molecule has 0 saturated carbocycles. The molecule has 15 heavy (non-hydrogen) atoms. The van der Waals surface area contributed by atoms with Crippen LogP contribution >= 0.6 is 0 Å². The number of carbonyl (C=O) groups is 3. The van der Waals surface area contributed by atoms with Gasteiger partial charge in [0.1, 0.15) is 6.29 Å². The fraction of sp³-hybridized carbons (Fsp3) is 0.444. The van der Waals surface area contributed by atoms with Crippen LogP contribution in [-0.2, 0) is 19.1 Å². The van der Waals surface area contributed by atoms with Crippen LogP contribution in [0.2, 0.25) is 0 Å². The number of unbranched alkanes of at least 4 members (excludes halogenated alkanes) is 1. The maximum atomic E-state index is 10.8. The molecule has 0 spiro atoms. The van der Waals surface area contributed by atoms with Gasteiger partial charge in [-0.3, -0.25) is 4.79 Å². The molecule has 0 aromatic rings. The van der Waals surface area contributed by atoms with Gasteiger partial charge in [-0.2, -0.15) is 0 Å². The zero-order valence-corrected chi connectivity index (χ0v) is 8.18. The van der Waals surface area contributed by atoms with E-state index in [-0.39, 0.29) is 13.2 Å². The quantitative estimate of drug-likeness (QED) is 0.282. The highest BCUT2D eigenvalue weighted by atomic mass is 16.5. The van der Waals surface area contributed by atoms with Crippen LogP contribution in [0.4, 0.5) is 4.79 Å². The van der Waals surface area contributed by atoms with E-state index >= 15 is 0 Å². The maximum absolute atomic E-state index is 10.8. The molecular weight excluding hydrogens is 202 g/mol. The number of amides is 1. The summed E-state index contributed by atoms with van der Waals surface area (Å²) >= 11 is 0. The highest BCUT2D eigenvalue weighted by molar-refractivity contribution is 5.86. The van der Waals surface area contributed by atoms with Gasteiger partial charge in [0.2, 0.25) is 0 Å². The highest BCUT2D eigenvalue weighted by Gasteiger charge is 1.97. The van der Waals surface area contributed by atoms with E-state index in [0.29, 0.717) is 19.1 Å². The lowest BCUT2D eigenvalue weighted by atomic mass is 10.3. The zero-order chi connectivity index (χ0) is 11.5. The highest BCUT2D eigenvalue weighted by Crippen LogP contribution is 1.92. The molecule has 0 fully saturated rings. The fourth-order valence-corrected chi connectivity index (χ4v) is 0.716. The first kappa shape index (κ1) is 13.2. The Morgan fingerprint density at radius 1 is 1.13 bits per heavy atom. The van der Waals surface area contributed by atoms with Crippen molar-refractivity contribution in [3.05, 3.63) is 12.2 Å². The number of rotatable bonds is 7. The molecule has 84 valence electrons. The monoisotopic (exact) mass is 215 g/mol. The van der Waals surface area contributed by atoms with Crippen LogP contribution in [0.25, 0.3) is 0 Å². The third-order valence-electron chi connectivity index (χ3n) is 1.34. The van der Waals surface area contributed by atoms with Gasteiger partial charge in [-0.25, -0.2) is 9.59 Å². The minimum Gasteiger partial charge on any atom is -0.463 e. The Morgan fingerprint density at radius 3 is 2.27 bits per heavy atom. The van der Waals surface area contributed by atoms with Crippen LogP contribution in [-0.4, -0.2) is 31.6 Å². The van der Waals surface area contributed by atoms with Crippen LogP contribution in [0.1, 0.15) is 12.8 Å². The van der Waals surface area contributed by atoms with Crippen molar-refractivity contribution in [3.8, 4) is 0 Å². The summed E-state index contributed by atoms with van der Waals surface area (Å²) in [5.74, 6) is -0.571. The van der Waals surface area contributed by atoms with E-state index in [4.69, 9.17) is 10.5 Å². The van der Waals surface area contributed by atoms with E-state index in [0.717, 1.165) is 12.2 Å². The van der Waals surface area contributed by atoms with E-state index in [1.807, 2.05) is 0 Å². The van der Waals surface area contributed by atoms with Crippen LogP contribution in [0, 0.1) is 0 Å². The second kappa shape index (κ2) is 8.74. The van der Waals surface area contributed by atoms with Crippen molar-refractivity contribution in [2.24, 2.45) is 5.73 Å². The normalized spacial score (nSPS) is 9.87. The fourth-order valence-electron chi connectivity index (χ4n) is 0.716. The summed E-state index contributed by atoms with van der Waals surface area (Å²) in [4.78, 5) is 30.7. The standard InChI is InChI=1S/C9H13NO5/c10-9(13)15-7-2-1-6-14-8(12)4-3-5-11/h3-5H,1-2,6-7H2,(H2,10,13). The van der Waals surface area contributed by atoms with Crippen molar-refractivity contribution in [2.45, 2.75) is 12.8 Å². The van der Waals surface area contributed by atoms with Gasteiger partial charge < -0.3 is 15.2 Å². The molecular formula is C9H13NO5. The van der Waals surface area contributed by atoms with Crippen molar-refractivity contribution >= 4 is 18.3 Å². The Balaban J connectivity index is 3.31. The minimum absolute atomic E-state index is 0.205. The van der Waals surface area contributed by atoms with Crippen molar-refractivity contribution < 1.29 is 23.9 Å². The summed E-state index contributed by atoms with van der Waals surface area (Å²) < 4.78 is 9.15. The van der Waals surface area contributed by atoms with Crippen LogP contribution in [0.15, 0.2) is 12.2 Å². The van der Waals surface area contributed by atoms with Crippen molar-refractivity contribution in [1.82, 2.24) is 0 Å². The molecule has 0 atom stereocenters. The molecule has 0 unspecified atom stereocenters.